The number of hydrogen-bond acceptors (Lipinski definition) is 3. The quantitative estimate of drug-likeness (QED) is 0.632. The van der Waals surface area contributed by atoms with Crippen LogP contribution < -0.4 is 15.4 Å². The average molecular weight is 388 g/mol. The van der Waals surface area contributed by atoms with Crippen LogP contribution in [-0.2, 0) is 6.54 Å². The molecular weight excluding hydrogens is 363 g/mol. The second kappa shape index (κ2) is 14.0. The van der Waals surface area contributed by atoms with Crippen LogP contribution >= 0.6 is 40.7 Å². The molecule has 0 fully saturated rings. The summed E-state index contributed by atoms with van der Waals surface area (Å²) < 4.78 is 6.71. The van der Waals surface area contributed by atoms with Crippen LogP contribution in [0.1, 0.15) is 25.8 Å². The predicted molar refractivity (Wildman–Crippen MR) is 94.7 cm³/mol. The molecule has 0 aromatic heterocycles. The van der Waals surface area contributed by atoms with Crippen molar-refractivity contribution in [3.63, 3.8) is 0 Å². The highest BCUT2D eigenvalue weighted by atomic mass is 79.9. The molecule has 20 heavy (non-hydrogen) atoms. The molecule has 0 saturated carbocycles. The molecule has 0 amide bonds. The van der Waals surface area contributed by atoms with Crippen molar-refractivity contribution >= 4 is 40.7 Å². The number of benzene rings is 1. The second-order valence-corrected chi connectivity index (χ2v) is 4.98. The maximum Gasteiger partial charge on any atom is 0.123 e. The maximum atomic E-state index is 5.61. The molecule has 0 bridgehead atoms. The van der Waals surface area contributed by atoms with Crippen LogP contribution in [0.15, 0.2) is 22.7 Å². The minimum Gasteiger partial charge on any atom is -0.494 e. The predicted octanol–water partition coefficient (Wildman–Crippen LogP) is 3.78. The lowest BCUT2D eigenvalue weighted by atomic mass is 10.2. The molecule has 3 nitrogen and oxygen atoms in total. The van der Waals surface area contributed by atoms with E-state index in [2.05, 4.69) is 39.6 Å². The fraction of sp³-hybridized carbons (Fsp3) is 0.571. The fourth-order valence-corrected chi connectivity index (χ4v) is 2.13. The van der Waals surface area contributed by atoms with Gasteiger partial charge in [-0.05, 0) is 51.2 Å². The van der Waals surface area contributed by atoms with E-state index in [4.69, 9.17) is 4.74 Å². The molecule has 0 spiro atoms. The molecule has 0 saturated heterocycles. The van der Waals surface area contributed by atoms with E-state index in [0.717, 1.165) is 42.8 Å². The summed E-state index contributed by atoms with van der Waals surface area (Å²) in [6, 6.07) is 6.14. The van der Waals surface area contributed by atoms with Gasteiger partial charge in [-0.2, -0.15) is 0 Å². The molecule has 1 aromatic carbocycles. The number of rotatable bonds is 9. The van der Waals surface area contributed by atoms with Gasteiger partial charge in [0.25, 0.3) is 0 Å². The SMILES string of the molecule is CCNCCCNCc1cc(Br)ccc1OCC.Cl.Cl. The van der Waals surface area contributed by atoms with Crippen molar-refractivity contribution in [3.8, 4) is 5.75 Å². The molecule has 0 radical (unpaired) electrons. The monoisotopic (exact) mass is 386 g/mol. The minimum atomic E-state index is 0. The molecule has 0 unspecified atom stereocenters. The van der Waals surface area contributed by atoms with E-state index in [1.807, 2.05) is 19.1 Å². The smallest absolute Gasteiger partial charge is 0.123 e. The summed E-state index contributed by atoms with van der Waals surface area (Å²) in [6.45, 7) is 8.82. The topological polar surface area (TPSA) is 33.3 Å². The maximum absolute atomic E-state index is 5.61. The van der Waals surface area contributed by atoms with Crippen LogP contribution in [0.3, 0.4) is 0 Å². The van der Waals surface area contributed by atoms with Gasteiger partial charge in [-0.1, -0.05) is 22.9 Å². The van der Waals surface area contributed by atoms with E-state index in [1.54, 1.807) is 0 Å². The third-order valence-electron chi connectivity index (χ3n) is 2.59. The van der Waals surface area contributed by atoms with Gasteiger partial charge in [0.2, 0.25) is 0 Å². The second-order valence-electron chi connectivity index (χ2n) is 4.07. The number of halogens is 3. The Balaban J connectivity index is 0. The molecular formula is C14H25BrCl2N2O. The van der Waals surface area contributed by atoms with Crippen LogP contribution in [0.4, 0.5) is 0 Å². The molecule has 0 aliphatic carbocycles. The number of ether oxygens (including phenoxy) is 1. The number of hydrogen-bond donors (Lipinski definition) is 2. The van der Waals surface area contributed by atoms with Crippen molar-refractivity contribution in [2.45, 2.75) is 26.8 Å². The van der Waals surface area contributed by atoms with Crippen molar-refractivity contribution in [3.05, 3.63) is 28.2 Å². The lowest BCUT2D eigenvalue weighted by Crippen LogP contribution is -2.21. The van der Waals surface area contributed by atoms with E-state index >= 15 is 0 Å². The van der Waals surface area contributed by atoms with E-state index in [-0.39, 0.29) is 24.8 Å². The molecule has 1 aromatic rings. The number of nitrogens with one attached hydrogen (secondary N) is 2. The molecule has 2 N–H and O–H groups in total. The Bertz CT molecular complexity index is 354. The third-order valence-corrected chi connectivity index (χ3v) is 3.09. The van der Waals surface area contributed by atoms with Gasteiger partial charge in [0.15, 0.2) is 0 Å². The summed E-state index contributed by atoms with van der Waals surface area (Å²) >= 11 is 3.50. The van der Waals surface area contributed by atoms with Gasteiger partial charge in [0, 0.05) is 16.6 Å². The summed E-state index contributed by atoms with van der Waals surface area (Å²) in [6.07, 6.45) is 1.14. The van der Waals surface area contributed by atoms with E-state index < -0.39 is 0 Å². The van der Waals surface area contributed by atoms with Gasteiger partial charge in [0.1, 0.15) is 5.75 Å². The summed E-state index contributed by atoms with van der Waals surface area (Å²) in [7, 11) is 0. The zero-order chi connectivity index (χ0) is 13.2. The lowest BCUT2D eigenvalue weighted by molar-refractivity contribution is 0.335. The average Bonchev–Trinajstić information content (AvgIpc) is 2.37. The van der Waals surface area contributed by atoms with Crippen molar-refractivity contribution in [2.24, 2.45) is 0 Å². The van der Waals surface area contributed by atoms with Crippen molar-refractivity contribution < 1.29 is 4.74 Å². The summed E-state index contributed by atoms with van der Waals surface area (Å²) in [5, 5.41) is 6.76. The first-order valence-electron chi connectivity index (χ1n) is 6.60. The minimum absolute atomic E-state index is 0. The molecule has 0 aliphatic heterocycles. The van der Waals surface area contributed by atoms with E-state index in [1.165, 1.54) is 5.56 Å². The van der Waals surface area contributed by atoms with Crippen molar-refractivity contribution in [1.82, 2.24) is 10.6 Å². The van der Waals surface area contributed by atoms with Crippen LogP contribution in [-0.4, -0.2) is 26.2 Å². The Morgan fingerprint density at radius 2 is 1.80 bits per heavy atom. The Kier molecular flexibility index (Phi) is 15.6. The molecule has 0 heterocycles. The Morgan fingerprint density at radius 1 is 1.10 bits per heavy atom. The van der Waals surface area contributed by atoms with Crippen LogP contribution in [0, 0.1) is 0 Å². The largest absolute Gasteiger partial charge is 0.494 e. The zero-order valence-corrected chi connectivity index (χ0v) is 15.3. The van der Waals surface area contributed by atoms with Crippen molar-refractivity contribution in [1.29, 1.82) is 0 Å². The summed E-state index contributed by atoms with van der Waals surface area (Å²) in [5.41, 5.74) is 1.20. The van der Waals surface area contributed by atoms with Crippen LogP contribution in [0.2, 0.25) is 0 Å². The normalized spacial score (nSPS) is 9.55. The molecule has 118 valence electrons. The highest BCUT2D eigenvalue weighted by molar-refractivity contribution is 9.10. The van der Waals surface area contributed by atoms with Crippen LogP contribution in [0.5, 0.6) is 5.75 Å². The summed E-state index contributed by atoms with van der Waals surface area (Å²) in [4.78, 5) is 0. The van der Waals surface area contributed by atoms with Crippen LogP contribution in [0.25, 0.3) is 0 Å². The molecule has 0 atom stereocenters. The van der Waals surface area contributed by atoms with Gasteiger partial charge in [-0.25, -0.2) is 0 Å². The fourth-order valence-electron chi connectivity index (χ4n) is 1.72. The first kappa shape index (κ1) is 22.3. The lowest BCUT2D eigenvalue weighted by Gasteiger charge is -2.11. The van der Waals surface area contributed by atoms with E-state index in [0.29, 0.717) is 6.61 Å². The van der Waals surface area contributed by atoms with Gasteiger partial charge in [-0.3, -0.25) is 0 Å². The third kappa shape index (κ3) is 9.03. The first-order valence-corrected chi connectivity index (χ1v) is 7.39. The first-order chi connectivity index (χ1) is 8.77. The molecule has 6 heteroatoms. The van der Waals surface area contributed by atoms with Crippen molar-refractivity contribution in [2.75, 3.05) is 26.2 Å². The Morgan fingerprint density at radius 3 is 2.45 bits per heavy atom. The Hall–Kier alpha value is -0.000000000000000111. The Labute approximate surface area is 143 Å². The van der Waals surface area contributed by atoms with Gasteiger partial charge >= 0.3 is 0 Å². The standard InChI is InChI=1S/C14H23BrN2O.2ClH/c1-3-16-8-5-9-17-11-12-10-13(15)6-7-14(12)18-4-2;;/h6-7,10,16-17H,3-5,8-9,11H2,1-2H3;2*1H. The van der Waals surface area contributed by atoms with E-state index in [9.17, 15) is 0 Å². The zero-order valence-electron chi connectivity index (χ0n) is 12.1. The van der Waals surface area contributed by atoms with Gasteiger partial charge in [-0.15, -0.1) is 24.8 Å². The van der Waals surface area contributed by atoms with Gasteiger partial charge < -0.3 is 15.4 Å². The molecule has 0 aliphatic rings. The summed E-state index contributed by atoms with van der Waals surface area (Å²) in [5.74, 6) is 0.972. The highest BCUT2D eigenvalue weighted by Crippen LogP contribution is 2.23. The highest BCUT2D eigenvalue weighted by Gasteiger charge is 2.03. The molecule has 1 rings (SSSR count). The van der Waals surface area contributed by atoms with Gasteiger partial charge in [0.05, 0.1) is 6.61 Å².